The van der Waals surface area contributed by atoms with E-state index in [-0.39, 0.29) is 24.1 Å². The number of hydrogen-bond acceptors (Lipinski definition) is 3. The first-order valence-corrected chi connectivity index (χ1v) is 6.53. The highest BCUT2D eigenvalue weighted by atomic mass is 79.9. The van der Waals surface area contributed by atoms with Crippen LogP contribution in [-0.4, -0.2) is 41.6 Å². The van der Waals surface area contributed by atoms with Crippen molar-refractivity contribution in [2.75, 3.05) is 13.7 Å². The zero-order chi connectivity index (χ0) is 14.6. The van der Waals surface area contributed by atoms with Gasteiger partial charge in [-0.1, -0.05) is 0 Å². The fraction of sp³-hybridized carbons (Fsp3) is 0.385. The molecule has 1 rings (SSSR count). The molecule has 6 heteroatoms. The summed E-state index contributed by atoms with van der Waals surface area (Å²) in [6, 6.07) is 4.67. The van der Waals surface area contributed by atoms with Gasteiger partial charge in [0.15, 0.2) is 6.61 Å². The van der Waals surface area contributed by atoms with Gasteiger partial charge in [0, 0.05) is 17.6 Å². The van der Waals surface area contributed by atoms with Gasteiger partial charge in [0.05, 0.1) is 5.56 Å². The van der Waals surface area contributed by atoms with Crippen molar-refractivity contribution in [2.45, 2.75) is 19.9 Å². The van der Waals surface area contributed by atoms with Crippen molar-refractivity contribution in [1.82, 2.24) is 4.90 Å². The van der Waals surface area contributed by atoms with E-state index in [0.29, 0.717) is 10.2 Å². The first-order chi connectivity index (χ1) is 8.82. The second-order valence-corrected chi connectivity index (χ2v) is 5.19. The number of halogens is 1. The van der Waals surface area contributed by atoms with E-state index >= 15 is 0 Å². The minimum atomic E-state index is -1.05. The van der Waals surface area contributed by atoms with Gasteiger partial charge in [-0.15, -0.1) is 0 Å². The second kappa shape index (κ2) is 6.56. The molecule has 0 spiro atoms. The second-order valence-electron chi connectivity index (χ2n) is 4.33. The minimum absolute atomic E-state index is 0.0931. The van der Waals surface area contributed by atoms with Crippen LogP contribution in [-0.2, 0) is 4.79 Å². The third kappa shape index (κ3) is 4.24. The van der Waals surface area contributed by atoms with Gasteiger partial charge in [-0.2, -0.15) is 0 Å². The van der Waals surface area contributed by atoms with Gasteiger partial charge in [-0.3, -0.25) is 4.79 Å². The Morgan fingerprint density at radius 3 is 2.58 bits per heavy atom. The van der Waals surface area contributed by atoms with Gasteiger partial charge in [-0.25, -0.2) is 4.79 Å². The average molecular weight is 330 g/mol. The minimum Gasteiger partial charge on any atom is -0.484 e. The predicted molar refractivity (Wildman–Crippen MR) is 74.5 cm³/mol. The molecule has 104 valence electrons. The third-order valence-electron chi connectivity index (χ3n) is 2.70. The number of aromatic carboxylic acids is 1. The summed E-state index contributed by atoms with van der Waals surface area (Å²) in [5.74, 6) is -0.858. The van der Waals surface area contributed by atoms with Gasteiger partial charge in [0.2, 0.25) is 0 Å². The highest BCUT2D eigenvalue weighted by Gasteiger charge is 2.14. The van der Waals surface area contributed by atoms with E-state index in [1.54, 1.807) is 24.1 Å². The number of benzene rings is 1. The number of carboxylic acids is 1. The molecule has 1 aromatic carbocycles. The number of carboxylic acid groups (broad SMARTS) is 1. The maximum Gasteiger partial charge on any atom is 0.336 e. The van der Waals surface area contributed by atoms with Crippen LogP contribution in [0.3, 0.4) is 0 Å². The summed E-state index contributed by atoms with van der Waals surface area (Å²) < 4.78 is 5.78. The SMILES string of the molecule is CC(C)N(C)C(=O)COc1ccc(Br)c(C(=O)O)c1. The zero-order valence-electron chi connectivity index (χ0n) is 11.0. The maximum absolute atomic E-state index is 11.7. The smallest absolute Gasteiger partial charge is 0.336 e. The van der Waals surface area contributed by atoms with Crippen molar-refractivity contribution in [2.24, 2.45) is 0 Å². The molecule has 0 aromatic heterocycles. The molecule has 0 heterocycles. The number of amides is 1. The van der Waals surface area contributed by atoms with Crippen LogP contribution < -0.4 is 4.74 Å². The van der Waals surface area contributed by atoms with E-state index in [4.69, 9.17) is 9.84 Å². The Kier molecular flexibility index (Phi) is 5.35. The molecular formula is C13H16BrNO4. The summed E-state index contributed by atoms with van der Waals surface area (Å²) >= 11 is 3.14. The molecule has 0 aliphatic heterocycles. The molecule has 1 aromatic rings. The van der Waals surface area contributed by atoms with Gasteiger partial charge in [0.25, 0.3) is 5.91 Å². The molecule has 1 amide bonds. The Bertz CT molecular complexity index is 488. The van der Waals surface area contributed by atoms with Gasteiger partial charge in [-0.05, 0) is 48.0 Å². The van der Waals surface area contributed by atoms with E-state index in [9.17, 15) is 9.59 Å². The quantitative estimate of drug-likeness (QED) is 0.900. The Morgan fingerprint density at radius 1 is 1.42 bits per heavy atom. The van der Waals surface area contributed by atoms with Crippen molar-refractivity contribution in [3.05, 3.63) is 28.2 Å². The van der Waals surface area contributed by atoms with E-state index < -0.39 is 5.97 Å². The summed E-state index contributed by atoms with van der Waals surface area (Å²) in [7, 11) is 1.70. The number of carbonyl (C=O) groups is 2. The molecule has 0 radical (unpaired) electrons. The van der Waals surface area contributed by atoms with Crippen molar-refractivity contribution in [3.8, 4) is 5.75 Å². The molecule has 0 fully saturated rings. The molecule has 0 atom stereocenters. The topological polar surface area (TPSA) is 66.8 Å². The summed E-state index contributed by atoms with van der Waals surface area (Å²) in [6.07, 6.45) is 0. The van der Waals surface area contributed by atoms with E-state index in [0.717, 1.165) is 0 Å². The first kappa shape index (κ1) is 15.5. The van der Waals surface area contributed by atoms with Crippen molar-refractivity contribution in [1.29, 1.82) is 0 Å². The fourth-order valence-electron chi connectivity index (χ4n) is 1.29. The van der Waals surface area contributed by atoms with Crippen LogP contribution >= 0.6 is 15.9 Å². The summed E-state index contributed by atoms with van der Waals surface area (Å²) in [4.78, 5) is 24.2. The molecule has 1 N–H and O–H groups in total. The normalized spacial score (nSPS) is 10.4. The number of hydrogen-bond donors (Lipinski definition) is 1. The molecule has 19 heavy (non-hydrogen) atoms. The molecule has 0 unspecified atom stereocenters. The Labute approximate surface area is 120 Å². The van der Waals surface area contributed by atoms with E-state index in [2.05, 4.69) is 15.9 Å². The Balaban J connectivity index is 2.71. The first-order valence-electron chi connectivity index (χ1n) is 5.74. The zero-order valence-corrected chi connectivity index (χ0v) is 12.6. The van der Waals surface area contributed by atoms with Crippen LogP contribution in [0.25, 0.3) is 0 Å². The van der Waals surface area contributed by atoms with Crippen LogP contribution in [0.5, 0.6) is 5.75 Å². The molecule has 0 aliphatic rings. The summed E-state index contributed by atoms with van der Waals surface area (Å²) in [5.41, 5.74) is 0.0992. The van der Waals surface area contributed by atoms with Crippen LogP contribution in [0, 0.1) is 0 Å². The van der Waals surface area contributed by atoms with Crippen LogP contribution in [0.15, 0.2) is 22.7 Å². The largest absolute Gasteiger partial charge is 0.484 e. The molecular weight excluding hydrogens is 314 g/mol. The number of ether oxygens (including phenoxy) is 1. The lowest BCUT2D eigenvalue weighted by Crippen LogP contribution is -2.36. The van der Waals surface area contributed by atoms with E-state index in [1.807, 2.05) is 13.8 Å². The van der Waals surface area contributed by atoms with Crippen molar-refractivity contribution >= 4 is 27.8 Å². The Morgan fingerprint density at radius 2 is 2.05 bits per heavy atom. The predicted octanol–water partition coefficient (Wildman–Crippen LogP) is 2.39. The van der Waals surface area contributed by atoms with Gasteiger partial charge >= 0.3 is 5.97 Å². The lowest BCUT2D eigenvalue weighted by atomic mass is 10.2. The van der Waals surface area contributed by atoms with Gasteiger partial charge in [0.1, 0.15) is 5.75 Å². The highest BCUT2D eigenvalue weighted by Crippen LogP contribution is 2.22. The lowest BCUT2D eigenvalue weighted by Gasteiger charge is -2.21. The van der Waals surface area contributed by atoms with Crippen LogP contribution in [0.1, 0.15) is 24.2 Å². The molecule has 0 saturated heterocycles. The third-order valence-corrected chi connectivity index (χ3v) is 3.39. The molecule has 0 bridgehead atoms. The molecule has 0 saturated carbocycles. The van der Waals surface area contributed by atoms with Crippen molar-refractivity contribution < 1.29 is 19.4 Å². The standard InChI is InChI=1S/C13H16BrNO4/c1-8(2)15(3)12(16)7-19-9-4-5-11(14)10(6-9)13(17)18/h4-6,8H,7H2,1-3H3,(H,17,18). The monoisotopic (exact) mass is 329 g/mol. The van der Waals surface area contributed by atoms with E-state index in [1.165, 1.54) is 6.07 Å². The summed E-state index contributed by atoms with van der Waals surface area (Å²) in [5, 5.41) is 8.97. The number of likely N-dealkylation sites (N-methyl/N-ethyl adjacent to an activating group) is 1. The number of nitrogens with zero attached hydrogens (tertiary/aromatic N) is 1. The molecule has 5 nitrogen and oxygen atoms in total. The maximum atomic E-state index is 11.7. The van der Waals surface area contributed by atoms with Crippen LogP contribution in [0.4, 0.5) is 0 Å². The molecule has 0 aliphatic carbocycles. The van der Waals surface area contributed by atoms with Crippen molar-refractivity contribution in [3.63, 3.8) is 0 Å². The lowest BCUT2D eigenvalue weighted by molar-refractivity contribution is -0.133. The van der Waals surface area contributed by atoms with Crippen LogP contribution in [0.2, 0.25) is 0 Å². The summed E-state index contributed by atoms with van der Waals surface area (Å²) in [6.45, 7) is 3.69. The fourth-order valence-corrected chi connectivity index (χ4v) is 1.71. The highest BCUT2D eigenvalue weighted by molar-refractivity contribution is 9.10. The Hall–Kier alpha value is -1.56. The van der Waals surface area contributed by atoms with Gasteiger partial charge < -0.3 is 14.7 Å². The number of carbonyl (C=O) groups excluding carboxylic acids is 1. The average Bonchev–Trinajstić information content (AvgIpc) is 2.35. The number of rotatable bonds is 5.